The molecule has 1 aliphatic carbocycles. The number of carbonyl (C=O) groups is 2. The Morgan fingerprint density at radius 2 is 1.90 bits per heavy atom. The molecule has 0 saturated carbocycles. The van der Waals surface area contributed by atoms with E-state index in [-0.39, 0.29) is 35.6 Å². The summed E-state index contributed by atoms with van der Waals surface area (Å²) in [5.41, 5.74) is 6.90. The molecule has 0 fully saturated rings. The fourth-order valence-electron chi connectivity index (χ4n) is 5.25. The maximum atomic E-state index is 14.1. The third kappa shape index (κ3) is 2.57. The van der Waals surface area contributed by atoms with Gasteiger partial charge in [0.1, 0.15) is 17.3 Å². The summed E-state index contributed by atoms with van der Waals surface area (Å²) >= 11 is 0. The van der Waals surface area contributed by atoms with E-state index in [1.54, 1.807) is 42.3 Å². The zero-order valence-corrected chi connectivity index (χ0v) is 18.2. The van der Waals surface area contributed by atoms with Crippen LogP contribution in [-0.2, 0) is 15.0 Å². The number of amides is 1. The fraction of sp³-hybridized carbons (Fsp3) is 0.375. The molecular formula is C24H25N5O2. The molecular weight excluding hydrogens is 390 g/mol. The number of nitriles is 1. The van der Waals surface area contributed by atoms with Gasteiger partial charge < -0.3 is 5.73 Å². The lowest BCUT2D eigenvalue weighted by Gasteiger charge is -2.48. The van der Waals surface area contributed by atoms with E-state index in [4.69, 9.17) is 12.2 Å². The summed E-state index contributed by atoms with van der Waals surface area (Å²) < 4.78 is 0. The van der Waals surface area contributed by atoms with Crippen LogP contribution < -0.4 is 10.6 Å². The highest BCUT2D eigenvalue weighted by Gasteiger charge is 2.63. The summed E-state index contributed by atoms with van der Waals surface area (Å²) in [6.07, 6.45) is 6.37. The van der Waals surface area contributed by atoms with Crippen LogP contribution in [0.25, 0.3) is 0 Å². The highest BCUT2D eigenvalue weighted by atomic mass is 16.2. The summed E-state index contributed by atoms with van der Waals surface area (Å²) in [5.74, 6) is 2.13. The first-order valence-corrected chi connectivity index (χ1v) is 10.1. The van der Waals surface area contributed by atoms with Gasteiger partial charge in [-0.05, 0) is 17.9 Å². The van der Waals surface area contributed by atoms with Crippen LogP contribution >= 0.6 is 0 Å². The van der Waals surface area contributed by atoms with Crippen molar-refractivity contribution in [3.8, 4) is 18.4 Å². The number of hydrogen-bond acceptors (Lipinski definition) is 6. The minimum absolute atomic E-state index is 0.0376. The molecule has 0 radical (unpaired) electrons. The third-order valence-corrected chi connectivity index (χ3v) is 6.27. The second-order valence-corrected chi connectivity index (χ2v) is 9.16. The number of ketones is 1. The monoisotopic (exact) mass is 415 g/mol. The van der Waals surface area contributed by atoms with E-state index < -0.39 is 11.3 Å². The quantitative estimate of drug-likeness (QED) is 0.743. The van der Waals surface area contributed by atoms with Crippen LogP contribution in [0.2, 0.25) is 0 Å². The minimum atomic E-state index is -1.58. The Morgan fingerprint density at radius 3 is 2.52 bits per heavy atom. The number of hydrazine groups is 1. The van der Waals surface area contributed by atoms with E-state index in [0.717, 1.165) is 0 Å². The van der Waals surface area contributed by atoms with Crippen molar-refractivity contribution >= 4 is 17.4 Å². The number of rotatable bonds is 2. The Labute approximate surface area is 182 Å². The second kappa shape index (κ2) is 6.73. The highest BCUT2D eigenvalue weighted by Crippen LogP contribution is 2.57. The number of allylic oxidation sites excluding steroid dienone is 1. The molecule has 1 amide bonds. The number of terminal acetylenes is 1. The zero-order valence-electron chi connectivity index (χ0n) is 18.2. The van der Waals surface area contributed by atoms with Crippen LogP contribution in [0.3, 0.4) is 0 Å². The molecule has 158 valence electrons. The van der Waals surface area contributed by atoms with E-state index in [1.807, 2.05) is 19.9 Å². The van der Waals surface area contributed by atoms with Crippen LogP contribution in [0, 0.1) is 29.1 Å². The van der Waals surface area contributed by atoms with Crippen molar-refractivity contribution in [2.75, 3.05) is 25.5 Å². The maximum Gasteiger partial charge on any atom is 0.248 e. The molecule has 2 N–H and O–H groups in total. The number of benzene rings is 1. The molecule has 0 aromatic heterocycles. The molecule has 1 aromatic rings. The Kier molecular flexibility index (Phi) is 4.50. The van der Waals surface area contributed by atoms with Gasteiger partial charge in [0.15, 0.2) is 5.78 Å². The number of nitrogens with two attached hydrogens (primary N) is 1. The van der Waals surface area contributed by atoms with Crippen molar-refractivity contribution in [1.29, 1.82) is 5.26 Å². The van der Waals surface area contributed by atoms with Crippen LogP contribution in [-0.4, -0.2) is 42.3 Å². The van der Waals surface area contributed by atoms with Crippen LogP contribution in [0.4, 0.5) is 5.69 Å². The summed E-state index contributed by atoms with van der Waals surface area (Å²) in [5, 5.41) is 13.7. The van der Waals surface area contributed by atoms with Crippen LogP contribution in [0.1, 0.15) is 32.3 Å². The molecule has 0 saturated heterocycles. The molecule has 1 atom stereocenters. The molecule has 4 rings (SSSR count). The van der Waals surface area contributed by atoms with Gasteiger partial charge in [-0.25, -0.2) is 5.01 Å². The fourth-order valence-corrected chi connectivity index (χ4v) is 5.25. The third-order valence-electron chi connectivity index (χ3n) is 6.27. The molecule has 7 heteroatoms. The number of carbonyl (C=O) groups excluding carboxylic acids is 2. The molecule has 1 spiro atoms. The Balaban J connectivity index is 2.16. The Bertz CT molecular complexity index is 1160. The summed E-state index contributed by atoms with van der Waals surface area (Å²) in [6.45, 7) is 4.07. The van der Waals surface area contributed by atoms with Gasteiger partial charge in [-0.1, -0.05) is 38.0 Å². The van der Waals surface area contributed by atoms with Crippen LogP contribution in [0.5, 0.6) is 0 Å². The predicted molar refractivity (Wildman–Crippen MR) is 117 cm³/mol. The van der Waals surface area contributed by atoms with Gasteiger partial charge in [0.2, 0.25) is 5.91 Å². The number of fused-ring (bicyclic) bond motifs is 3. The average Bonchev–Trinajstić information content (AvgIpc) is 2.91. The molecule has 3 aliphatic rings. The van der Waals surface area contributed by atoms with E-state index in [1.165, 1.54) is 4.90 Å². The van der Waals surface area contributed by atoms with Crippen molar-refractivity contribution < 1.29 is 9.59 Å². The van der Waals surface area contributed by atoms with Gasteiger partial charge in [0.25, 0.3) is 0 Å². The molecule has 0 unspecified atom stereocenters. The zero-order chi connectivity index (χ0) is 22.7. The van der Waals surface area contributed by atoms with Crippen molar-refractivity contribution in [1.82, 2.24) is 10.0 Å². The lowest BCUT2D eigenvalue weighted by molar-refractivity contribution is -0.125. The van der Waals surface area contributed by atoms with Crippen molar-refractivity contribution in [2.24, 2.45) is 11.1 Å². The largest absolute Gasteiger partial charge is 0.383 e. The van der Waals surface area contributed by atoms with Crippen LogP contribution in [0.15, 0.2) is 46.9 Å². The average molecular weight is 415 g/mol. The van der Waals surface area contributed by atoms with E-state index in [9.17, 15) is 14.9 Å². The summed E-state index contributed by atoms with van der Waals surface area (Å²) in [6, 6.07) is 9.37. The van der Waals surface area contributed by atoms with Crippen molar-refractivity contribution in [3.05, 3.63) is 52.5 Å². The normalized spacial score (nSPS) is 24.5. The maximum absolute atomic E-state index is 14.1. The number of para-hydroxylation sites is 1. The molecule has 2 heterocycles. The van der Waals surface area contributed by atoms with Gasteiger partial charge >= 0.3 is 0 Å². The summed E-state index contributed by atoms with van der Waals surface area (Å²) in [4.78, 5) is 29.2. The van der Waals surface area contributed by atoms with E-state index in [0.29, 0.717) is 28.9 Å². The topological polar surface area (TPSA) is 93.7 Å². The van der Waals surface area contributed by atoms with Crippen molar-refractivity contribution in [3.63, 3.8) is 0 Å². The Hall–Kier alpha value is -3.55. The second-order valence-electron chi connectivity index (χ2n) is 9.16. The first-order valence-electron chi connectivity index (χ1n) is 10.1. The van der Waals surface area contributed by atoms with Gasteiger partial charge in [-0.3, -0.25) is 19.5 Å². The number of Topliss-reactive ketones (excluding diaryl/α,β-unsaturated/α-hetero) is 1. The van der Waals surface area contributed by atoms with E-state index in [2.05, 4.69) is 12.0 Å². The smallest absolute Gasteiger partial charge is 0.248 e. The minimum Gasteiger partial charge on any atom is -0.383 e. The standard InChI is InChI=1S/C24H25N5O2/c1-6-11-28-17-10-8-7-9-15(17)24(22(28)31)16(14-25)21(26)29(27(4)5)18-12-23(2,3)13-19(30)20(18)24/h1,7-10H,11-13,26H2,2-5H3/t24-/m1/s1. The Morgan fingerprint density at radius 1 is 1.23 bits per heavy atom. The molecule has 31 heavy (non-hydrogen) atoms. The molecule has 2 aliphatic heterocycles. The van der Waals surface area contributed by atoms with Gasteiger partial charge in [0, 0.05) is 43.0 Å². The van der Waals surface area contributed by atoms with Gasteiger partial charge in [-0.15, -0.1) is 6.42 Å². The predicted octanol–water partition coefficient (Wildman–Crippen LogP) is 2.03. The molecule has 0 bridgehead atoms. The van der Waals surface area contributed by atoms with E-state index >= 15 is 0 Å². The van der Waals surface area contributed by atoms with Gasteiger partial charge in [-0.2, -0.15) is 5.26 Å². The molecule has 7 nitrogen and oxygen atoms in total. The SMILES string of the molecule is C#CCN1C(=O)[C@@]2(C(C#N)=C(N)N(N(C)C)C3=C2C(=O)CC(C)(C)C3)c2ccccc21. The number of nitrogens with zero attached hydrogens (tertiary/aromatic N) is 4. The first kappa shape index (κ1) is 20.7. The number of hydrogen-bond donors (Lipinski definition) is 1. The summed E-state index contributed by atoms with van der Waals surface area (Å²) in [7, 11) is 3.59. The number of anilines is 1. The lowest BCUT2D eigenvalue weighted by Crippen LogP contribution is -2.55. The lowest BCUT2D eigenvalue weighted by atomic mass is 9.61. The first-order chi connectivity index (χ1) is 14.6. The molecule has 1 aromatic carbocycles. The highest BCUT2D eigenvalue weighted by molar-refractivity contribution is 6.20. The van der Waals surface area contributed by atoms with Crippen molar-refractivity contribution in [2.45, 2.75) is 32.1 Å². The van der Waals surface area contributed by atoms with Gasteiger partial charge in [0.05, 0.1) is 12.1 Å².